The molecule has 0 spiro atoms. The van der Waals surface area contributed by atoms with E-state index in [-0.39, 0.29) is 0 Å². The monoisotopic (exact) mass is 179 g/mol. The third-order valence-electron chi connectivity index (χ3n) is 2.37. The Kier molecular flexibility index (Phi) is 3.32. The van der Waals surface area contributed by atoms with Gasteiger partial charge in [0.2, 0.25) is 0 Å². The maximum Gasteiger partial charge on any atom is 0.120 e. The molecule has 1 aromatic rings. The third kappa shape index (κ3) is 2.01. The van der Waals surface area contributed by atoms with Crippen LogP contribution in [0.4, 0.5) is 0 Å². The summed E-state index contributed by atoms with van der Waals surface area (Å²) in [6.45, 7) is 4.57. The van der Waals surface area contributed by atoms with E-state index in [4.69, 9.17) is 5.73 Å². The maximum atomic E-state index is 9.65. The van der Waals surface area contributed by atoms with E-state index < -0.39 is 0 Å². The Labute approximate surface area is 79.4 Å². The van der Waals surface area contributed by atoms with Crippen LogP contribution in [-0.4, -0.2) is 5.11 Å². The van der Waals surface area contributed by atoms with Gasteiger partial charge >= 0.3 is 0 Å². The highest BCUT2D eigenvalue weighted by molar-refractivity contribution is 5.43. The summed E-state index contributed by atoms with van der Waals surface area (Å²) in [5.41, 5.74) is 8.79. The standard InChI is InChI=1S/C11H17NO/c1-3-8-5-9(4-2)10(7-12)11(13)6-8/h5-6,13H,3-4,7,12H2,1-2H3. The van der Waals surface area contributed by atoms with Crippen LogP contribution >= 0.6 is 0 Å². The molecule has 0 heterocycles. The van der Waals surface area contributed by atoms with Crippen LogP contribution in [0, 0.1) is 0 Å². The second kappa shape index (κ2) is 4.28. The molecule has 13 heavy (non-hydrogen) atoms. The van der Waals surface area contributed by atoms with Crippen LogP contribution in [0.25, 0.3) is 0 Å². The van der Waals surface area contributed by atoms with Crippen LogP contribution in [0.3, 0.4) is 0 Å². The molecule has 0 bridgehead atoms. The largest absolute Gasteiger partial charge is 0.508 e. The van der Waals surface area contributed by atoms with Gasteiger partial charge in [-0.1, -0.05) is 19.9 Å². The summed E-state index contributed by atoms with van der Waals surface area (Å²) < 4.78 is 0. The predicted molar refractivity (Wildman–Crippen MR) is 54.8 cm³/mol. The molecular formula is C11H17NO. The number of aromatic hydroxyl groups is 1. The molecule has 1 aromatic carbocycles. The van der Waals surface area contributed by atoms with Crippen molar-refractivity contribution < 1.29 is 5.11 Å². The number of phenolic OH excluding ortho intramolecular Hbond substituents is 1. The summed E-state index contributed by atoms with van der Waals surface area (Å²) >= 11 is 0. The van der Waals surface area contributed by atoms with E-state index in [1.54, 1.807) is 6.07 Å². The fraction of sp³-hybridized carbons (Fsp3) is 0.455. The molecule has 0 saturated carbocycles. The average Bonchev–Trinajstić information content (AvgIpc) is 2.16. The Bertz CT molecular complexity index is 294. The molecule has 2 heteroatoms. The molecule has 3 N–H and O–H groups in total. The Hall–Kier alpha value is -1.02. The van der Waals surface area contributed by atoms with Gasteiger partial charge in [-0.3, -0.25) is 0 Å². The first-order valence-corrected chi connectivity index (χ1v) is 4.76. The van der Waals surface area contributed by atoms with Gasteiger partial charge in [0, 0.05) is 12.1 Å². The quantitative estimate of drug-likeness (QED) is 0.745. The van der Waals surface area contributed by atoms with Crippen molar-refractivity contribution in [1.29, 1.82) is 0 Å². The van der Waals surface area contributed by atoms with Gasteiger partial charge in [-0.25, -0.2) is 0 Å². The van der Waals surface area contributed by atoms with Gasteiger partial charge in [0.25, 0.3) is 0 Å². The Morgan fingerprint density at radius 2 is 1.92 bits per heavy atom. The lowest BCUT2D eigenvalue weighted by molar-refractivity contribution is 0.466. The number of benzene rings is 1. The summed E-state index contributed by atoms with van der Waals surface area (Å²) in [6, 6.07) is 3.93. The highest BCUT2D eigenvalue weighted by atomic mass is 16.3. The van der Waals surface area contributed by atoms with Gasteiger partial charge in [0.05, 0.1) is 0 Å². The third-order valence-corrected chi connectivity index (χ3v) is 2.37. The lowest BCUT2D eigenvalue weighted by atomic mass is 9.99. The van der Waals surface area contributed by atoms with Gasteiger partial charge < -0.3 is 10.8 Å². The molecule has 0 unspecified atom stereocenters. The Balaban J connectivity index is 3.20. The van der Waals surface area contributed by atoms with Crippen molar-refractivity contribution in [2.24, 2.45) is 5.73 Å². The van der Waals surface area contributed by atoms with E-state index >= 15 is 0 Å². The van der Waals surface area contributed by atoms with Gasteiger partial charge in [0.15, 0.2) is 0 Å². The van der Waals surface area contributed by atoms with E-state index in [9.17, 15) is 5.11 Å². The molecule has 2 nitrogen and oxygen atoms in total. The van der Waals surface area contributed by atoms with Crippen LogP contribution < -0.4 is 5.73 Å². The molecule has 0 aliphatic carbocycles. The van der Waals surface area contributed by atoms with Crippen molar-refractivity contribution >= 4 is 0 Å². The Morgan fingerprint density at radius 1 is 1.23 bits per heavy atom. The van der Waals surface area contributed by atoms with Crippen LogP contribution in [0.5, 0.6) is 5.75 Å². The number of phenols is 1. The SMILES string of the molecule is CCc1cc(O)c(CN)c(CC)c1. The normalized spacial score (nSPS) is 10.4. The zero-order valence-corrected chi connectivity index (χ0v) is 8.30. The Morgan fingerprint density at radius 3 is 2.38 bits per heavy atom. The first-order valence-electron chi connectivity index (χ1n) is 4.76. The van der Waals surface area contributed by atoms with Gasteiger partial charge in [0.1, 0.15) is 5.75 Å². The average molecular weight is 179 g/mol. The number of rotatable bonds is 3. The summed E-state index contributed by atoms with van der Waals surface area (Å²) in [6.07, 6.45) is 1.87. The second-order valence-electron chi connectivity index (χ2n) is 3.16. The predicted octanol–water partition coefficient (Wildman–Crippen LogP) is 1.98. The van der Waals surface area contributed by atoms with Crippen molar-refractivity contribution in [3.63, 3.8) is 0 Å². The summed E-state index contributed by atoms with van der Waals surface area (Å²) in [5, 5.41) is 9.65. The highest BCUT2D eigenvalue weighted by Crippen LogP contribution is 2.23. The van der Waals surface area contributed by atoms with Crippen molar-refractivity contribution in [2.75, 3.05) is 0 Å². The van der Waals surface area contributed by atoms with Gasteiger partial charge in [-0.05, 0) is 30.0 Å². The molecule has 1 rings (SSSR count). The molecular weight excluding hydrogens is 162 g/mol. The van der Waals surface area contributed by atoms with E-state index in [0.717, 1.165) is 18.4 Å². The van der Waals surface area contributed by atoms with Crippen LogP contribution in [0.2, 0.25) is 0 Å². The van der Waals surface area contributed by atoms with Crippen LogP contribution in [0.15, 0.2) is 12.1 Å². The summed E-state index contributed by atoms with van der Waals surface area (Å²) in [5.74, 6) is 0.346. The second-order valence-corrected chi connectivity index (χ2v) is 3.16. The minimum atomic E-state index is 0.346. The molecule has 0 aromatic heterocycles. The molecule has 0 saturated heterocycles. The summed E-state index contributed by atoms with van der Waals surface area (Å²) in [7, 11) is 0. The first-order chi connectivity index (χ1) is 6.22. The number of nitrogens with two attached hydrogens (primary N) is 1. The first kappa shape index (κ1) is 10.1. The highest BCUT2D eigenvalue weighted by Gasteiger charge is 2.06. The zero-order valence-electron chi connectivity index (χ0n) is 8.30. The fourth-order valence-corrected chi connectivity index (χ4v) is 1.54. The van der Waals surface area contributed by atoms with E-state index in [2.05, 4.69) is 19.9 Å². The molecule has 0 radical (unpaired) electrons. The molecule has 0 amide bonds. The lowest BCUT2D eigenvalue weighted by Crippen LogP contribution is -2.02. The molecule has 72 valence electrons. The molecule has 0 aliphatic heterocycles. The number of aryl methyl sites for hydroxylation is 2. The van der Waals surface area contributed by atoms with E-state index in [0.29, 0.717) is 12.3 Å². The minimum Gasteiger partial charge on any atom is -0.508 e. The van der Waals surface area contributed by atoms with Crippen molar-refractivity contribution in [2.45, 2.75) is 33.2 Å². The maximum absolute atomic E-state index is 9.65. The number of hydrogen-bond donors (Lipinski definition) is 2. The van der Waals surface area contributed by atoms with E-state index in [1.807, 2.05) is 0 Å². The van der Waals surface area contributed by atoms with E-state index in [1.165, 1.54) is 11.1 Å². The van der Waals surface area contributed by atoms with Crippen molar-refractivity contribution in [3.05, 3.63) is 28.8 Å². The summed E-state index contributed by atoms with van der Waals surface area (Å²) in [4.78, 5) is 0. The fourth-order valence-electron chi connectivity index (χ4n) is 1.54. The van der Waals surface area contributed by atoms with Gasteiger partial charge in [-0.2, -0.15) is 0 Å². The van der Waals surface area contributed by atoms with Crippen molar-refractivity contribution in [1.82, 2.24) is 0 Å². The number of hydrogen-bond acceptors (Lipinski definition) is 2. The van der Waals surface area contributed by atoms with Crippen LogP contribution in [-0.2, 0) is 19.4 Å². The van der Waals surface area contributed by atoms with Crippen LogP contribution in [0.1, 0.15) is 30.5 Å². The smallest absolute Gasteiger partial charge is 0.120 e. The minimum absolute atomic E-state index is 0.346. The topological polar surface area (TPSA) is 46.2 Å². The molecule has 0 atom stereocenters. The van der Waals surface area contributed by atoms with Gasteiger partial charge in [-0.15, -0.1) is 0 Å². The lowest BCUT2D eigenvalue weighted by Gasteiger charge is -2.10. The molecule has 0 fully saturated rings. The molecule has 0 aliphatic rings. The van der Waals surface area contributed by atoms with Crippen molar-refractivity contribution in [3.8, 4) is 5.75 Å². The zero-order chi connectivity index (χ0) is 9.84.